The number of hydrogen-bond acceptors (Lipinski definition) is 7. The van der Waals surface area contributed by atoms with E-state index in [1.165, 1.54) is 12.1 Å². The van der Waals surface area contributed by atoms with Crippen LogP contribution in [0.1, 0.15) is 16.5 Å². The Morgan fingerprint density at radius 3 is 2.64 bits per heavy atom. The molecule has 0 aliphatic carbocycles. The number of aromatic nitrogens is 7. The SMILES string of the molecule is Cc1nc(Cc2nc3c(-c4ccc5nccn5c4)c(-c4ccc(F)cc4)nc(N)n3n2)cs1. The highest BCUT2D eigenvalue weighted by atomic mass is 32.1. The van der Waals surface area contributed by atoms with Gasteiger partial charge in [-0.3, -0.25) is 0 Å². The molecule has 0 amide bonds. The molecular formula is C23H17FN8S. The summed E-state index contributed by atoms with van der Waals surface area (Å²) in [7, 11) is 0. The lowest BCUT2D eigenvalue weighted by Gasteiger charge is -2.12. The van der Waals surface area contributed by atoms with Crippen LogP contribution >= 0.6 is 11.3 Å². The van der Waals surface area contributed by atoms with Crippen LogP contribution in [0, 0.1) is 12.7 Å². The van der Waals surface area contributed by atoms with Crippen LogP contribution in [-0.2, 0) is 6.42 Å². The number of imidazole rings is 1. The number of rotatable bonds is 4. The molecule has 2 N–H and O–H groups in total. The third-order valence-corrected chi connectivity index (χ3v) is 6.18. The van der Waals surface area contributed by atoms with E-state index >= 15 is 0 Å². The fourth-order valence-corrected chi connectivity index (χ4v) is 4.49. The lowest BCUT2D eigenvalue weighted by atomic mass is 10.0. The number of pyridine rings is 1. The van der Waals surface area contributed by atoms with Gasteiger partial charge in [-0.1, -0.05) is 0 Å². The largest absolute Gasteiger partial charge is 0.368 e. The molecule has 0 aliphatic rings. The highest BCUT2D eigenvalue weighted by Crippen LogP contribution is 2.35. The van der Waals surface area contributed by atoms with Gasteiger partial charge >= 0.3 is 0 Å². The molecule has 0 spiro atoms. The van der Waals surface area contributed by atoms with Crippen molar-refractivity contribution < 1.29 is 4.39 Å². The Hall–Kier alpha value is -4.18. The van der Waals surface area contributed by atoms with Crippen LogP contribution < -0.4 is 5.73 Å². The summed E-state index contributed by atoms with van der Waals surface area (Å²) in [6.07, 6.45) is 6.05. The van der Waals surface area contributed by atoms with E-state index in [1.807, 2.05) is 41.2 Å². The Kier molecular flexibility index (Phi) is 4.40. The minimum absolute atomic E-state index is 0.199. The summed E-state index contributed by atoms with van der Waals surface area (Å²) in [5.41, 5.74) is 11.5. The van der Waals surface area contributed by atoms with E-state index in [-0.39, 0.29) is 11.8 Å². The minimum Gasteiger partial charge on any atom is -0.368 e. The van der Waals surface area contributed by atoms with Gasteiger partial charge in [0.15, 0.2) is 11.5 Å². The molecule has 0 saturated carbocycles. The van der Waals surface area contributed by atoms with Crippen molar-refractivity contribution in [3.8, 4) is 22.4 Å². The molecule has 10 heteroatoms. The number of benzene rings is 1. The second-order valence-corrected chi connectivity index (χ2v) is 8.67. The van der Waals surface area contributed by atoms with E-state index in [0.29, 0.717) is 23.6 Å². The maximum absolute atomic E-state index is 13.6. The topological polar surface area (TPSA) is 99.3 Å². The van der Waals surface area contributed by atoms with E-state index in [1.54, 1.807) is 34.2 Å². The maximum atomic E-state index is 13.6. The molecular weight excluding hydrogens is 439 g/mol. The smallest absolute Gasteiger partial charge is 0.223 e. The molecule has 0 radical (unpaired) electrons. The minimum atomic E-state index is -0.322. The number of hydrogen-bond donors (Lipinski definition) is 1. The molecule has 0 unspecified atom stereocenters. The zero-order chi connectivity index (χ0) is 22.5. The van der Waals surface area contributed by atoms with Gasteiger partial charge < -0.3 is 10.1 Å². The third-order valence-electron chi connectivity index (χ3n) is 5.36. The van der Waals surface area contributed by atoms with Crippen molar-refractivity contribution in [1.82, 2.24) is 34.0 Å². The number of aryl methyl sites for hydroxylation is 1. The van der Waals surface area contributed by atoms with Crippen molar-refractivity contribution in [1.29, 1.82) is 0 Å². The van der Waals surface area contributed by atoms with Gasteiger partial charge in [0.2, 0.25) is 5.95 Å². The molecule has 6 rings (SSSR count). The maximum Gasteiger partial charge on any atom is 0.223 e. The van der Waals surface area contributed by atoms with Gasteiger partial charge in [0.05, 0.1) is 28.4 Å². The molecule has 5 aromatic heterocycles. The summed E-state index contributed by atoms with van der Waals surface area (Å²) >= 11 is 1.59. The Morgan fingerprint density at radius 2 is 1.85 bits per heavy atom. The number of fused-ring (bicyclic) bond motifs is 2. The van der Waals surface area contributed by atoms with Gasteiger partial charge in [0.25, 0.3) is 0 Å². The van der Waals surface area contributed by atoms with Crippen molar-refractivity contribution in [3.63, 3.8) is 0 Å². The van der Waals surface area contributed by atoms with Gasteiger partial charge in [-0.15, -0.1) is 16.4 Å². The van der Waals surface area contributed by atoms with Gasteiger partial charge in [-0.2, -0.15) is 4.52 Å². The van der Waals surface area contributed by atoms with E-state index < -0.39 is 0 Å². The van der Waals surface area contributed by atoms with E-state index in [9.17, 15) is 4.39 Å². The van der Waals surface area contributed by atoms with E-state index in [2.05, 4.69) is 20.1 Å². The molecule has 162 valence electrons. The highest BCUT2D eigenvalue weighted by Gasteiger charge is 2.21. The number of anilines is 1. The first-order valence-electron chi connectivity index (χ1n) is 10.2. The third kappa shape index (κ3) is 3.40. The van der Waals surface area contributed by atoms with Crippen molar-refractivity contribution >= 4 is 28.6 Å². The summed E-state index contributed by atoms with van der Waals surface area (Å²) in [6, 6.07) is 10.1. The van der Waals surface area contributed by atoms with E-state index in [4.69, 9.17) is 10.7 Å². The summed E-state index contributed by atoms with van der Waals surface area (Å²) in [5.74, 6) is 0.470. The molecule has 6 aromatic rings. The summed E-state index contributed by atoms with van der Waals surface area (Å²) < 4.78 is 17.1. The fraction of sp³-hybridized carbons (Fsp3) is 0.0870. The average Bonchev–Trinajstić information content (AvgIpc) is 3.54. The molecule has 0 atom stereocenters. The molecule has 0 bridgehead atoms. The van der Waals surface area contributed by atoms with Gasteiger partial charge in [-0.05, 0) is 43.3 Å². The predicted octanol–water partition coefficient (Wildman–Crippen LogP) is 4.18. The van der Waals surface area contributed by atoms with Gasteiger partial charge in [0, 0.05) is 35.1 Å². The van der Waals surface area contributed by atoms with Crippen LogP contribution in [0.4, 0.5) is 10.3 Å². The molecule has 5 heterocycles. The second-order valence-electron chi connectivity index (χ2n) is 7.61. The fourth-order valence-electron chi connectivity index (χ4n) is 3.88. The lowest BCUT2D eigenvalue weighted by molar-refractivity contribution is 0.628. The predicted molar refractivity (Wildman–Crippen MR) is 124 cm³/mol. The Bertz CT molecular complexity index is 1630. The van der Waals surface area contributed by atoms with Crippen LogP contribution in [-0.4, -0.2) is 34.0 Å². The highest BCUT2D eigenvalue weighted by molar-refractivity contribution is 7.09. The molecule has 33 heavy (non-hydrogen) atoms. The zero-order valence-electron chi connectivity index (χ0n) is 17.5. The molecule has 0 aliphatic heterocycles. The van der Waals surface area contributed by atoms with Crippen molar-refractivity contribution in [2.24, 2.45) is 0 Å². The molecule has 0 saturated heterocycles. The Balaban J connectivity index is 1.61. The number of halogens is 1. The van der Waals surface area contributed by atoms with Crippen LogP contribution in [0.25, 0.3) is 33.7 Å². The normalized spacial score (nSPS) is 11.6. The van der Waals surface area contributed by atoms with Crippen LogP contribution in [0.5, 0.6) is 0 Å². The summed E-state index contributed by atoms with van der Waals surface area (Å²) in [4.78, 5) is 18.3. The van der Waals surface area contributed by atoms with E-state index in [0.717, 1.165) is 33.0 Å². The Morgan fingerprint density at radius 1 is 1.03 bits per heavy atom. The molecule has 1 aromatic carbocycles. The monoisotopic (exact) mass is 456 g/mol. The molecule has 0 fully saturated rings. The van der Waals surface area contributed by atoms with Crippen molar-refractivity contribution in [3.05, 3.63) is 82.7 Å². The number of nitrogens with zero attached hydrogens (tertiary/aromatic N) is 7. The van der Waals surface area contributed by atoms with Crippen LogP contribution in [0.15, 0.2) is 60.4 Å². The summed E-state index contributed by atoms with van der Waals surface area (Å²) in [6.45, 7) is 1.96. The Labute approximate surface area is 191 Å². The average molecular weight is 457 g/mol. The van der Waals surface area contributed by atoms with Gasteiger partial charge in [0.1, 0.15) is 11.5 Å². The number of nitrogens with two attached hydrogens (primary N) is 1. The first-order valence-corrected chi connectivity index (χ1v) is 11.1. The first kappa shape index (κ1) is 19.5. The quantitative estimate of drug-likeness (QED) is 0.427. The number of nitrogen functional groups attached to an aromatic ring is 1. The summed E-state index contributed by atoms with van der Waals surface area (Å²) in [5, 5.41) is 7.60. The number of thiazole rings is 1. The second kappa shape index (κ2) is 7.45. The van der Waals surface area contributed by atoms with Crippen LogP contribution in [0.2, 0.25) is 0 Å². The lowest BCUT2D eigenvalue weighted by Crippen LogP contribution is -2.06. The van der Waals surface area contributed by atoms with Crippen molar-refractivity contribution in [2.45, 2.75) is 13.3 Å². The molecule has 8 nitrogen and oxygen atoms in total. The standard InChI is InChI=1S/C23H17FN8S/c1-13-27-17(12-33-13)10-18-28-22-20(15-4-7-19-26-8-9-31(19)11-15)21(29-23(25)32(22)30-18)14-2-5-16(24)6-3-14/h2-9,11-12H,10H2,1H3,(H2,25,29). The zero-order valence-corrected chi connectivity index (χ0v) is 18.3. The van der Waals surface area contributed by atoms with Crippen molar-refractivity contribution in [2.75, 3.05) is 5.73 Å². The van der Waals surface area contributed by atoms with Crippen LogP contribution in [0.3, 0.4) is 0 Å². The van der Waals surface area contributed by atoms with Gasteiger partial charge in [-0.25, -0.2) is 24.3 Å². The first-order chi connectivity index (χ1) is 16.0.